The van der Waals surface area contributed by atoms with Gasteiger partial charge in [0.15, 0.2) is 0 Å². The topological polar surface area (TPSA) is 26.3 Å². The van der Waals surface area contributed by atoms with Gasteiger partial charge in [-0.15, -0.1) is 0 Å². The largest absolute Gasteiger partial charge is 0.466 e. The van der Waals surface area contributed by atoms with Gasteiger partial charge in [-0.2, -0.15) is 0 Å². The van der Waals surface area contributed by atoms with Crippen molar-refractivity contribution in [1.82, 2.24) is 0 Å². The van der Waals surface area contributed by atoms with Crippen LogP contribution in [0, 0.1) is 0 Å². The smallest absolute Gasteiger partial charge is 0.333 e. The number of hydrogen-bond acceptors (Lipinski definition) is 2. The van der Waals surface area contributed by atoms with Crippen molar-refractivity contribution in [3.63, 3.8) is 0 Å². The van der Waals surface area contributed by atoms with Crippen molar-refractivity contribution in [2.75, 3.05) is 7.11 Å². The van der Waals surface area contributed by atoms with E-state index in [-0.39, 0.29) is 5.97 Å². The minimum Gasteiger partial charge on any atom is -0.466 e. The highest BCUT2D eigenvalue weighted by molar-refractivity contribution is 5.93. The SMILES string of the molecule is COC(=O)/C(=C/c1ccccc1)CCc1ccccc1. The van der Waals surface area contributed by atoms with Gasteiger partial charge >= 0.3 is 5.97 Å². The number of rotatable bonds is 5. The number of esters is 1. The molecular formula is C18H18O2. The van der Waals surface area contributed by atoms with Gasteiger partial charge in [0.05, 0.1) is 7.11 Å². The van der Waals surface area contributed by atoms with E-state index >= 15 is 0 Å². The third-order valence-corrected chi connectivity index (χ3v) is 3.11. The first kappa shape index (κ1) is 14.1. The normalized spacial score (nSPS) is 11.2. The predicted octanol–water partition coefficient (Wildman–Crippen LogP) is 3.88. The Labute approximate surface area is 119 Å². The summed E-state index contributed by atoms with van der Waals surface area (Å²) in [6.45, 7) is 0. The van der Waals surface area contributed by atoms with E-state index in [4.69, 9.17) is 4.74 Å². The van der Waals surface area contributed by atoms with Crippen LogP contribution in [0.1, 0.15) is 17.5 Å². The highest BCUT2D eigenvalue weighted by atomic mass is 16.5. The molecule has 0 aliphatic heterocycles. The average molecular weight is 266 g/mol. The zero-order valence-corrected chi connectivity index (χ0v) is 11.6. The molecule has 0 fully saturated rings. The summed E-state index contributed by atoms with van der Waals surface area (Å²) in [5.74, 6) is -0.259. The zero-order chi connectivity index (χ0) is 14.2. The molecule has 0 N–H and O–H groups in total. The van der Waals surface area contributed by atoms with E-state index in [1.54, 1.807) is 0 Å². The van der Waals surface area contributed by atoms with Crippen LogP contribution in [0.4, 0.5) is 0 Å². The van der Waals surface area contributed by atoms with Crippen molar-refractivity contribution in [2.45, 2.75) is 12.8 Å². The fourth-order valence-electron chi connectivity index (χ4n) is 2.04. The number of carbonyl (C=O) groups is 1. The lowest BCUT2D eigenvalue weighted by atomic mass is 10.0. The summed E-state index contributed by atoms with van der Waals surface area (Å²) in [6.07, 6.45) is 3.40. The Morgan fingerprint density at radius 1 is 1.00 bits per heavy atom. The first-order valence-corrected chi connectivity index (χ1v) is 6.67. The molecule has 20 heavy (non-hydrogen) atoms. The van der Waals surface area contributed by atoms with Crippen molar-refractivity contribution >= 4 is 12.0 Å². The van der Waals surface area contributed by atoms with Crippen LogP contribution in [0.5, 0.6) is 0 Å². The van der Waals surface area contributed by atoms with E-state index in [0.717, 1.165) is 12.0 Å². The van der Waals surface area contributed by atoms with Gasteiger partial charge in [-0.05, 0) is 30.0 Å². The molecule has 2 nitrogen and oxygen atoms in total. The minimum absolute atomic E-state index is 0.259. The molecule has 0 saturated heterocycles. The molecule has 0 heterocycles. The molecule has 0 aromatic heterocycles. The second-order valence-electron chi connectivity index (χ2n) is 4.56. The summed E-state index contributed by atoms with van der Waals surface area (Å²) in [7, 11) is 1.42. The van der Waals surface area contributed by atoms with Crippen LogP contribution in [0.15, 0.2) is 66.2 Å². The Kier molecular flexibility index (Phi) is 5.13. The van der Waals surface area contributed by atoms with E-state index in [9.17, 15) is 4.79 Å². The van der Waals surface area contributed by atoms with Crippen LogP contribution in [0.2, 0.25) is 0 Å². The minimum atomic E-state index is -0.259. The molecule has 0 aliphatic carbocycles. The summed E-state index contributed by atoms with van der Waals surface area (Å²) in [5.41, 5.74) is 2.93. The molecule has 102 valence electrons. The van der Waals surface area contributed by atoms with Crippen LogP contribution in [-0.2, 0) is 16.0 Å². The molecule has 2 aromatic carbocycles. The van der Waals surface area contributed by atoms with Gasteiger partial charge in [-0.3, -0.25) is 0 Å². The van der Waals surface area contributed by atoms with Gasteiger partial charge in [0.2, 0.25) is 0 Å². The zero-order valence-electron chi connectivity index (χ0n) is 11.6. The molecule has 0 spiro atoms. The molecule has 0 amide bonds. The van der Waals surface area contributed by atoms with Crippen LogP contribution >= 0.6 is 0 Å². The predicted molar refractivity (Wildman–Crippen MR) is 81.2 cm³/mol. The maximum Gasteiger partial charge on any atom is 0.333 e. The Morgan fingerprint density at radius 2 is 1.60 bits per heavy atom. The van der Waals surface area contributed by atoms with Crippen LogP contribution in [0.3, 0.4) is 0 Å². The number of ether oxygens (including phenoxy) is 1. The van der Waals surface area contributed by atoms with Crippen LogP contribution < -0.4 is 0 Å². The van der Waals surface area contributed by atoms with E-state index in [0.29, 0.717) is 12.0 Å². The first-order chi connectivity index (χ1) is 9.79. The molecule has 0 saturated carbocycles. The van der Waals surface area contributed by atoms with Crippen LogP contribution in [0.25, 0.3) is 6.08 Å². The van der Waals surface area contributed by atoms with E-state index in [2.05, 4.69) is 12.1 Å². The molecule has 0 aliphatic rings. The summed E-state index contributed by atoms with van der Waals surface area (Å²) < 4.78 is 4.87. The number of benzene rings is 2. The maximum atomic E-state index is 11.8. The lowest BCUT2D eigenvalue weighted by Gasteiger charge is -2.06. The third kappa shape index (κ3) is 4.09. The number of aryl methyl sites for hydroxylation is 1. The van der Waals surface area contributed by atoms with Crippen molar-refractivity contribution in [2.24, 2.45) is 0 Å². The van der Waals surface area contributed by atoms with Crippen molar-refractivity contribution in [1.29, 1.82) is 0 Å². The van der Waals surface area contributed by atoms with Crippen molar-refractivity contribution in [3.05, 3.63) is 77.4 Å². The Hall–Kier alpha value is -2.35. The Bertz CT molecular complexity index is 571. The fraction of sp³-hybridized carbons (Fsp3) is 0.167. The van der Waals surface area contributed by atoms with Gasteiger partial charge in [-0.1, -0.05) is 60.7 Å². The van der Waals surface area contributed by atoms with Gasteiger partial charge in [0, 0.05) is 5.57 Å². The monoisotopic (exact) mass is 266 g/mol. The van der Waals surface area contributed by atoms with Crippen molar-refractivity contribution in [3.8, 4) is 0 Å². The second kappa shape index (κ2) is 7.29. The molecule has 2 rings (SSSR count). The quantitative estimate of drug-likeness (QED) is 0.606. The lowest BCUT2D eigenvalue weighted by Crippen LogP contribution is -2.06. The molecule has 0 atom stereocenters. The molecule has 2 aromatic rings. The summed E-state index contributed by atoms with van der Waals surface area (Å²) in [5, 5.41) is 0. The van der Waals surface area contributed by atoms with E-state index in [1.807, 2.05) is 54.6 Å². The summed E-state index contributed by atoms with van der Waals surface area (Å²) in [6, 6.07) is 20.0. The highest BCUT2D eigenvalue weighted by Gasteiger charge is 2.09. The lowest BCUT2D eigenvalue weighted by molar-refractivity contribution is -0.136. The summed E-state index contributed by atoms with van der Waals surface area (Å²) in [4.78, 5) is 11.8. The van der Waals surface area contributed by atoms with E-state index in [1.165, 1.54) is 12.7 Å². The highest BCUT2D eigenvalue weighted by Crippen LogP contribution is 2.14. The van der Waals surface area contributed by atoms with Crippen molar-refractivity contribution < 1.29 is 9.53 Å². The van der Waals surface area contributed by atoms with Gasteiger partial charge in [0.25, 0.3) is 0 Å². The fourth-order valence-corrected chi connectivity index (χ4v) is 2.04. The molecular weight excluding hydrogens is 248 g/mol. The number of carbonyl (C=O) groups excluding carboxylic acids is 1. The van der Waals surface area contributed by atoms with E-state index < -0.39 is 0 Å². The van der Waals surface area contributed by atoms with Gasteiger partial charge in [-0.25, -0.2) is 4.79 Å². The molecule has 0 radical (unpaired) electrons. The molecule has 2 heteroatoms. The molecule has 0 bridgehead atoms. The maximum absolute atomic E-state index is 11.8. The standard InChI is InChI=1S/C18H18O2/c1-20-18(19)17(14-16-10-6-3-7-11-16)13-12-15-8-4-2-5-9-15/h2-11,14H,12-13H2,1H3/b17-14+. The third-order valence-electron chi connectivity index (χ3n) is 3.11. The second-order valence-corrected chi connectivity index (χ2v) is 4.56. The first-order valence-electron chi connectivity index (χ1n) is 6.67. The van der Waals surface area contributed by atoms with Gasteiger partial charge < -0.3 is 4.74 Å². The molecule has 0 unspecified atom stereocenters. The Morgan fingerprint density at radius 3 is 2.20 bits per heavy atom. The van der Waals surface area contributed by atoms with Crippen LogP contribution in [-0.4, -0.2) is 13.1 Å². The number of hydrogen-bond donors (Lipinski definition) is 0. The average Bonchev–Trinajstić information content (AvgIpc) is 2.52. The van der Waals surface area contributed by atoms with Gasteiger partial charge in [0.1, 0.15) is 0 Å². The summed E-state index contributed by atoms with van der Waals surface area (Å²) >= 11 is 0. The Balaban J connectivity index is 2.12. The number of methoxy groups -OCH3 is 1.